The number of hydrogen-bond donors (Lipinski definition) is 1. The van der Waals surface area contributed by atoms with Crippen molar-refractivity contribution in [1.29, 1.82) is 0 Å². The first-order valence-corrected chi connectivity index (χ1v) is 6.81. The second-order valence-electron chi connectivity index (χ2n) is 4.88. The molecule has 2 unspecified atom stereocenters. The summed E-state index contributed by atoms with van der Waals surface area (Å²) in [6.45, 7) is 3.26. The molecule has 19 heavy (non-hydrogen) atoms. The first-order valence-electron chi connectivity index (χ1n) is 6.81. The molecule has 1 fully saturated rings. The normalized spacial score (nSPS) is 20.4. The summed E-state index contributed by atoms with van der Waals surface area (Å²) in [5.74, 6) is 1.41. The van der Waals surface area contributed by atoms with Crippen molar-refractivity contribution in [3.8, 4) is 5.75 Å². The largest absolute Gasteiger partial charge is 0.497 e. The van der Waals surface area contributed by atoms with E-state index in [0.717, 1.165) is 38.5 Å². The van der Waals surface area contributed by atoms with E-state index in [1.807, 2.05) is 19.2 Å². The van der Waals surface area contributed by atoms with E-state index in [1.54, 1.807) is 7.11 Å². The highest BCUT2D eigenvalue weighted by molar-refractivity contribution is 5.28. The zero-order valence-electron chi connectivity index (χ0n) is 11.7. The second kappa shape index (κ2) is 7.48. The molecule has 0 bridgehead atoms. The van der Waals surface area contributed by atoms with Gasteiger partial charge in [-0.05, 0) is 31.2 Å². The van der Waals surface area contributed by atoms with Gasteiger partial charge in [0.25, 0.3) is 0 Å². The molecule has 2 atom stereocenters. The number of likely N-dealkylation sites (N-methyl/N-ethyl adjacent to an activating group) is 1. The summed E-state index contributed by atoms with van der Waals surface area (Å²) in [7, 11) is 3.62. The van der Waals surface area contributed by atoms with Crippen LogP contribution in [0.25, 0.3) is 0 Å². The first kappa shape index (κ1) is 14.3. The number of ether oxygens (including phenoxy) is 3. The van der Waals surface area contributed by atoms with Gasteiger partial charge in [-0.25, -0.2) is 0 Å². The maximum absolute atomic E-state index is 6.04. The third-order valence-corrected chi connectivity index (χ3v) is 3.43. The van der Waals surface area contributed by atoms with Crippen LogP contribution in [-0.4, -0.2) is 40.5 Å². The minimum absolute atomic E-state index is 0.0801. The highest BCUT2D eigenvalue weighted by atomic mass is 16.5. The summed E-state index contributed by atoms with van der Waals surface area (Å²) in [6, 6.07) is 8.07. The van der Waals surface area contributed by atoms with Crippen LogP contribution in [0.2, 0.25) is 0 Å². The summed E-state index contributed by atoms with van der Waals surface area (Å²) in [5.41, 5.74) is 1.18. The van der Waals surface area contributed by atoms with Gasteiger partial charge in [0.2, 0.25) is 0 Å². The molecule has 106 valence electrons. The van der Waals surface area contributed by atoms with Crippen LogP contribution in [0.1, 0.15) is 18.1 Å². The number of nitrogens with one attached hydrogen (secondary N) is 1. The SMILES string of the molecule is CNCC(OCC1CCOC1)c1ccc(OC)cc1. The minimum atomic E-state index is 0.0801. The molecule has 0 amide bonds. The lowest BCUT2D eigenvalue weighted by atomic mass is 10.1. The van der Waals surface area contributed by atoms with E-state index >= 15 is 0 Å². The summed E-state index contributed by atoms with van der Waals surface area (Å²) in [6.07, 6.45) is 1.19. The van der Waals surface area contributed by atoms with E-state index in [1.165, 1.54) is 5.56 Å². The topological polar surface area (TPSA) is 39.7 Å². The predicted octanol–water partition coefficient (Wildman–Crippen LogP) is 2.01. The number of methoxy groups -OCH3 is 1. The molecule has 0 spiro atoms. The molecule has 1 aliphatic heterocycles. The van der Waals surface area contributed by atoms with Gasteiger partial charge in [0, 0.05) is 19.1 Å². The fraction of sp³-hybridized carbons (Fsp3) is 0.600. The summed E-state index contributed by atoms with van der Waals surface area (Å²) in [5, 5.41) is 3.18. The van der Waals surface area contributed by atoms with E-state index in [2.05, 4.69) is 17.4 Å². The molecule has 1 aromatic rings. The van der Waals surface area contributed by atoms with Crippen LogP contribution in [0.4, 0.5) is 0 Å². The molecule has 2 rings (SSSR count). The van der Waals surface area contributed by atoms with Gasteiger partial charge in [-0.15, -0.1) is 0 Å². The molecule has 4 heteroatoms. The zero-order chi connectivity index (χ0) is 13.5. The Bertz CT molecular complexity index is 360. The molecule has 1 saturated heterocycles. The second-order valence-corrected chi connectivity index (χ2v) is 4.88. The molecular formula is C15H23NO3. The third kappa shape index (κ3) is 4.20. The Kier molecular flexibility index (Phi) is 5.63. The lowest BCUT2D eigenvalue weighted by Gasteiger charge is -2.20. The molecule has 1 aliphatic rings. The number of rotatable bonds is 7. The van der Waals surface area contributed by atoms with Crippen LogP contribution in [0.3, 0.4) is 0 Å². The smallest absolute Gasteiger partial charge is 0.118 e. The molecule has 1 aromatic carbocycles. The van der Waals surface area contributed by atoms with Crippen molar-refractivity contribution in [1.82, 2.24) is 5.32 Å². The van der Waals surface area contributed by atoms with Crippen LogP contribution in [0.15, 0.2) is 24.3 Å². The first-order chi connectivity index (χ1) is 9.33. The fourth-order valence-electron chi connectivity index (χ4n) is 2.24. The van der Waals surface area contributed by atoms with Crippen molar-refractivity contribution in [2.24, 2.45) is 5.92 Å². The summed E-state index contributed by atoms with van der Waals surface area (Å²) < 4.78 is 16.6. The van der Waals surface area contributed by atoms with Crippen molar-refractivity contribution in [2.45, 2.75) is 12.5 Å². The maximum Gasteiger partial charge on any atom is 0.118 e. The molecule has 1 N–H and O–H groups in total. The van der Waals surface area contributed by atoms with Gasteiger partial charge in [-0.2, -0.15) is 0 Å². The molecule has 0 radical (unpaired) electrons. The lowest BCUT2D eigenvalue weighted by Crippen LogP contribution is -2.22. The van der Waals surface area contributed by atoms with E-state index in [9.17, 15) is 0 Å². The number of hydrogen-bond acceptors (Lipinski definition) is 4. The Hall–Kier alpha value is -1.10. The number of benzene rings is 1. The van der Waals surface area contributed by atoms with Crippen LogP contribution in [-0.2, 0) is 9.47 Å². The summed E-state index contributed by atoms with van der Waals surface area (Å²) in [4.78, 5) is 0. The standard InChI is InChI=1S/C15H23NO3/c1-16-9-15(19-11-12-7-8-18-10-12)13-3-5-14(17-2)6-4-13/h3-6,12,15-16H,7-11H2,1-2H3. The average Bonchev–Trinajstić information content (AvgIpc) is 2.97. The fourth-order valence-corrected chi connectivity index (χ4v) is 2.24. The monoisotopic (exact) mass is 265 g/mol. The van der Waals surface area contributed by atoms with Gasteiger partial charge in [0.05, 0.1) is 26.4 Å². The zero-order valence-corrected chi connectivity index (χ0v) is 11.7. The van der Waals surface area contributed by atoms with Crippen LogP contribution in [0, 0.1) is 5.92 Å². The Labute approximate surface area is 115 Å². The van der Waals surface area contributed by atoms with Gasteiger partial charge in [0.15, 0.2) is 0 Å². The van der Waals surface area contributed by atoms with Crippen LogP contribution in [0.5, 0.6) is 5.75 Å². The Morgan fingerprint density at radius 3 is 2.74 bits per heavy atom. The maximum atomic E-state index is 6.04. The van der Waals surface area contributed by atoms with E-state index in [0.29, 0.717) is 5.92 Å². The van der Waals surface area contributed by atoms with Gasteiger partial charge in [0.1, 0.15) is 5.75 Å². The van der Waals surface area contributed by atoms with Crippen molar-refractivity contribution in [3.63, 3.8) is 0 Å². The average molecular weight is 265 g/mol. The summed E-state index contributed by atoms with van der Waals surface area (Å²) >= 11 is 0. The highest BCUT2D eigenvalue weighted by Crippen LogP contribution is 2.22. The van der Waals surface area contributed by atoms with Gasteiger partial charge < -0.3 is 19.5 Å². The van der Waals surface area contributed by atoms with Gasteiger partial charge >= 0.3 is 0 Å². The molecular weight excluding hydrogens is 242 g/mol. The Morgan fingerprint density at radius 2 is 2.16 bits per heavy atom. The molecule has 1 heterocycles. The van der Waals surface area contributed by atoms with Crippen molar-refractivity contribution < 1.29 is 14.2 Å². The molecule has 4 nitrogen and oxygen atoms in total. The highest BCUT2D eigenvalue weighted by Gasteiger charge is 2.19. The lowest BCUT2D eigenvalue weighted by molar-refractivity contribution is 0.0264. The predicted molar refractivity (Wildman–Crippen MR) is 74.5 cm³/mol. The minimum Gasteiger partial charge on any atom is -0.497 e. The quantitative estimate of drug-likeness (QED) is 0.818. The van der Waals surface area contributed by atoms with E-state index in [4.69, 9.17) is 14.2 Å². The van der Waals surface area contributed by atoms with E-state index in [-0.39, 0.29) is 6.10 Å². The van der Waals surface area contributed by atoms with Crippen LogP contribution < -0.4 is 10.1 Å². The Morgan fingerprint density at radius 1 is 1.37 bits per heavy atom. The third-order valence-electron chi connectivity index (χ3n) is 3.43. The van der Waals surface area contributed by atoms with E-state index < -0.39 is 0 Å². The molecule has 0 aliphatic carbocycles. The van der Waals surface area contributed by atoms with Crippen molar-refractivity contribution >= 4 is 0 Å². The van der Waals surface area contributed by atoms with Crippen molar-refractivity contribution in [3.05, 3.63) is 29.8 Å². The van der Waals surface area contributed by atoms with Crippen molar-refractivity contribution in [2.75, 3.05) is 40.5 Å². The Balaban J connectivity index is 1.92. The van der Waals surface area contributed by atoms with Crippen LogP contribution >= 0.6 is 0 Å². The molecule has 0 aromatic heterocycles. The van der Waals surface area contributed by atoms with Gasteiger partial charge in [-0.3, -0.25) is 0 Å². The van der Waals surface area contributed by atoms with Gasteiger partial charge in [-0.1, -0.05) is 12.1 Å². The molecule has 0 saturated carbocycles.